The smallest absolute Gasteiger partial charge is 0.870 e. The summed E-state index contributed by atoms with van der Waals surface area (Å²) in [6.07, 6.45) is 2.64. The fourth-order valence-electron chi connectivity index (χ4n) is 10.2. The number of nitrogens with zero attached hydrogens (tertiary/aromatic N) is 8. The molecule has 6 aromatic rings. The Balaban J connectivity index is 0.000000294. The summed E-state index contributed by atoms with van der Waals surface area (Å²) in [4.78, 5) is 88.1. The van der Waals surface area contributed by atoms with Gasteiger partial charge in [0.25, 0.3) is 0 Å². The minimum Gasteiger partial charge on any atom is -0.870 e. The first kappa shape index (κ1) is 81.5. The van der Waals surface area contributed by atoms with Gasteiger partial charge < -0.3 is 66.2 Å². The van der Waals surface area contributed by atoms with Crippen molar-refractivity contribution in [2.45, 2.75) is 98.8 Å². The maximum absolute atomic E-state index is 12.5. The summed E-state index contributed by atoms with van der Waals surface area (Å²) >= 11 is 41.8. The van der Waals surface area contributed by atoms with E-state index in [1.807, 2.05) is 54.0 Å². The molecule has 94 heavy (non-hydrogen) atoms. The van der Waals surface area contributed by atoms with Crippen molar-refractivity contribution in [2.24, 2.45) is 23.5 Å². The second kappa shape index (κ2) is 38.3. The number of carboxylic acid groups (broad SMARTS) is 1. The van der Waals surface area contributed by atoms with Crippen molar-refractivity contribution in [3.05, 3.63) is 99.4 Å². The van der Waals surface area contributed by atoms with Crippen molar-refractivity contribution in [1.82, 2.24) is 40.7 Å². The quantitative estimate of drug-likeness (QED) is 0.0445. The fourth-order valence-corrected chi connectivity index (χ4v) is 15.1. The van der Waals surface area contributed by atoms with E-state index in [1.165, 1.54) is 35.9 Å². The molecule has 3 unspecified atom stereocenters. The molecular weight excluding hydrogens is 1380 g/mol. The number of methoxy groups -OCH3 is 2. The largest absolute Gasteiger partial charge is 1.00 e. The zero-order valence-electron chi connectivity index (χ0n) is 55.1. The van der Waals surface area contributed by atoms with Gasteiger partial charge in [-0.15, -0.1) is 34.0 Å². The maximum atomic E-state index is 12.5. The Morgan fingerprint density at radius 1 is 0.564 bits per heavy atom. The molecule has 7 N–H and O–H groups in total. The number of esters is 2. The second-order valence-electron chi connectivity index (χ2n) is 23.3. The van der Waals surface area contributed by atoms with Crippen molar-refractivity contribution in [1.29, 1.82) is 0 Å². The van der Waals surface area contributed by atoms with Crippen LogP contribution in [0.15, 0.2) is 54.6 Å². The van der Waals surface area contributed by atoms with Crippen LogP contribution in [0.25, 0.3) is 33.8 Å². The number of nitrogens with one attached hydrogen (secondary N) is 3. The van der Waals surface area contributed by atoms with Crippen molar-refractivity contribution in [3.8, 4) is 33.8 Å². The molecule has 0 saturated carbocycles. The minimum atomic E-state index is -1.03. The number of hydrogen-bond acceptors (Lipinski definition) is 19. The van der Waals surface area contributed by atoms with Crippen LogP contribution >= 0.6 is 104 Å². The number of benzene rings is 3. The van der Waals surface area contributed by atoms with Crippen LogP contribution in [0.2, 0.25) is 30.1 Å². The second-order valence-corrected chi connectivity index (χ2v) is 28.9. The minimum absolute atomic E-state index is 0. The predicted octanol–water partition coefficient (Wildman–Crippen LogP) is 10.00. The van der Waals surface area contributed by atoms with Crippen LogP contribution in [0.1, 0.15) is 70.0 Å². The van der Waals surface area contributed by atoms with E-state index in [2.05, 4.69) is 68.1 Å². The van der Waals surface area contributed by atoms with Gasteiger partial charge in [0, 0.05) is 90.2 Å². The van der Waals surface area contributed by atoms with E-state index in [9.17, 15) is 29.1 Å². The molecular formula is C63H83Cl6LiN12O9S3. The Hall–Kier alpha value is -4.88. The van der Waals surface area contributed by atoms with Crippen molar-refractivity contribution >= 4 is 149 Å². The first-order valence-electron chi connectivity index (χ1n) is 30.1. The number of carboxylic acids is 1. The van der Waals surface area contributed by atoms with E-state index >= 15 is 0 Å². The summed E-state index contributed by atoms with van der Waals surface area (Å²) in [5.74, 6) is -0.348. The number of rotatable bonds is 16. The number of aromatic nitrogens is 3. The SMILES string of the molecule is CC(C)Cc1sc(N2CCN(C(=O)NC(C)C)C(C(=O)O)C2)nc1-c1ccc(Cl)c(Cl)c1.CN.CNC(=O)N1CCN(c2nc(-c3ccc(Cl)c(Cl)c3)c(CC(C)C)s2)CC1C(=O)OC.COC(=O)C1CN(c2nc(-c3ccc(Cl)c(Cl)c3)c(CC(C)C)s2)CCN1.[Li+].[OH-]. The van der Waals surface area contributed by atoms with E-state index in [-0.39, 0.29) is 61.0 Å². The predicted molar refractivity (Wildman–Crippen MR) is 380 cm³/mol. The van der Waals surface area contributed by atoms with E-state index in [0.29, 0.717) is 93.7 Å². The van der Waals surface area contributed by atoms with Gasteiger partial charge in [-0.05, 0) is 94.3 Å². The number of halogens is 6. The maximum Gasteiger partial charge on any atom is 1.00 e. The molecule has 0 spiro atoms. The zero-order valence-corrected chi connectivity index (χ0v) is 62.1. The van der Waals surface area contributed by atoms with Crippen molar-refractivity contribution < 1.29 is 62.9 Å². The summed E-state index contributed by atoms with van der Waals surface area (Å²) in [5, 5.41) is 23.8. The van der Waals surface area contributed by atoms with Gasteiger partial charge in [0.2, 0.25) is 0 Å². The summed E-state index contributed by atoms with van der Waals surface area (Å²) in [7, 11) is 5.79. The number of hydrogen-bond donors (Lipinski definition) is 5. The van der Waals surface area contributed by atoms with Gasteiger partial charge in [0.15, 0.2) is 15.4 Å². The number of thiazole rings is 3. The Morgan fingerprint density at radius 3 is 1.26 bits per heavy atom. The van der Waals surface area contributed by atoms with Gasteiger partial charge in [-0.2, -0.15) is 0 Å². The molecule has 0 radical (unpaired) electrons. The number of amides is 4. The zero-order chi connectivity index (χ0) is 67.8. The number of anilines is 3. The normalized spacial score (nSPS) is 16.2. The van der Waals surface area contributed by atoms with Crippen LogP contribution in [0, 0.1) is 17.8 Å². The van der Waals surface area contributed by atoms with Crippen molar-refractivity contribution in [3.63, 3.8) is 0 Å². The van der Waals surface area contributed by atoms with E-state index in [1.54, 1.807) is 65.3 Å². The molecule has 9 rings (SSSR count). The van der Waals surface area contributed by atoms with Crippen LogP contribution in [0.4, 0.5) is 25.0 Å². The molecule has 3 aromatic heterocycles. The van der Waals surface area contributed by atoms with Crippen LogP contribution < -0.4 is 55.2 Å². The summed E-state index contributed by atoms with van der Waals surface area (Å²) in [5.41, 5.74) is 9.89. The molecule has 0 bridgehead atoms. The number of aliphatic carboxylic acids is 1. The molecule has 31 heteroatoms. The van der Waals surface area contributed by atoms with Gasteiger partial charge in [-0.25, -0.2) is 34.1 Å². The standard InChI is InChI=1S/C22H28Cl2N4O3S.C21H26Cl2N4O3S.C19H23Cl2N3O2S.CH5N.Li.H2O/c1-12(2)9-18-19(14-5-6-15(23)16(24)10-14)26-22(32-18)27-7-8-28(17(11-27)20(29)30)21(31)25-13(3)4;1-12(2)9-17-18(13-5-6-14(22)15(23)10-13)25-21(31-17)26-7-8-27(20(29)24-3)16(11-26)19(28)30-4;1-11(2)8-16-17(12-4-5-13(20)14(21)9-12)23-19(27-16)24-7-6-22-15(10-24)18(25)26-3;1-2;;/h5-6,10,12-13,17H,7-9,11H2,1-4H3,(H,25,31)(H,29,30);5-6,10,12,16H,7-9,11H2,1-4H3,(H,24,29);4-5,9,11,15,22H,6-8,10H2,1-3H3;2H2,1H3;;1H2/q;;;;+1;/p-1. The third-order valence-electron chi connectivity index (χ3n) is 14.6. The third kappa shape index (κ3) is 21.8. The molecule has 3 atom stereocenters. The first-order chi connectivity index (χ1) is 43.7. The molecule has 510 valence electrons. The molecule has 21 nitrogen and oxygen atoms in total. The Labute approximate surface area is 605 Å². The van der Waals surface area contributed by atoms with Crippen LogP contribution in [-0.4, -0.2) is 177 Å². The number of piperazine rings is 3. The van der Waals surface area contributed by atoms with E-state index in [0.717, 1.165) is 84.7 Å². The van der Waals surface area contributed by atoms with Crippen LogP contribution in [-0.2, 0) is 43.1 Å². The summed E-state index contributed by atoms with van der Waals surface area (Å²) in [6, 6.07) is 13.9. The topological polar surface area (TPSA) is 271 Å². The van der Waals surface area contributed by atoms with Gasteiger partial charge in [-0.3, -0.25) is 4.79 Å². The average Bonchev–Trinajstić information content (AvgIpc) is 1.62. The monoisotopic (exact) mass is 1460 g/mol. The third-order valence-corrected chi connectivity index (χ3v) is 20.2. The molecule has 3 aliphatic rings. The van der Waals surface area contributed by atoms with Gasteiger partial charge in [0.1, 0.15) is 18.1 Å². The molecule has 3 saturated heterocycles. The first-order valence-corrected chi connectivity index (χ1v) is 34.8. The fraction of sp³-hybridized carbons (Fsp3) is 0.492. The Bertz CT molecular complexity index is 3510. The van der Waals surface area contributed by atoms with Gasteiger partial charge in [0.05, 0.1) is 74.5 Å². The van der Waals surface area contributed by atoms with E-state index in [4.69, 9.17) is 94.0 Å². The molecule has 0 aliphatic carbocycles. The van der Waals surface area contributed by atoms with Gasteiger partial charge in [-0.1, -0.05) is 129 Å². The van der Waals surface area contributed by atoms with Crippen LogP contribution in [0.5, 0.6) is 0 Å². The number of urea groups is 2. The molecule has 3 fully saturated rings. The van der Waals surface area contributed by atoms with Crippen LogP contribution in [0.3, 0.4) is 0 Å². The number of nitrogens with two attached hydrogens (primary N) is 1. The van der Waals surface area contributed by atoms with E-state index < -0.39 is 24.0 Å². The molecule has 3 aliphatic heterocycles. The Kier molecular flexibility index (Phi) is 33.2. The molecule has 6 heterocycles. The van der Waals surface area contributed by atoms with Gasteiger partial charge >= 0.3 is 48.8 Å². The number of carbonyl (C=O) groups excluding carboxylic acids is 4. The number of carbonyl (C=O) groups is 5. The molecule has 4 amide bonds. The average molecular weight is 1470 g/mol. The number of ether oxygens (including phenoxy) is 2. The summed E-state index contributed by atoms with van der Waals surface area (Å²) in [6.45, 7) is 21.0. The Morgan fingerprint density at radius 2 is 0.926 bits per heavy atom. The van der Waals surface area contributed by atoms with Crippen molar-refractivity contribution in [2.75, 3.05) is 102 Å². The summed E-state index contributed by atoms with van der Waals surface area (Å²) < 4.78 is 9.82. The molecule has 3 aromatic carbocycles.